The Labute approximate surface area is 315 Å². The first-order chi connectivity index (χ1) is 26.3. The van der Waals surface area contributed by atoms with E-state index in [4.69, 9.17) is 9.47 Å². The van der Waals surface area contributed by atoms with Crippen molar-refractivity contribution < 1.29 is 13.9 Å². The Kier molecular flexibility index (Phi) is 10.9. The Hall–Kier alpha value is -4.51. The van der Waals surface area contributed by atoms with E-state index in [9.17, 15) is 14.4 Å². The molecule has 3 aliphatic heterocycles. The summed E-state index contributed by atoms with van der Waals surface area (Å²) in [6.07, 6.45) is 5.45. The third-order valence-corrected chi connectivity index (χ3v) is 12.3. The molecule has 0 atom stereocenters. The van der Waals surface area contributed by atoms with Crippen molar-refractivity contribution in [3.63, 3.8) is 0 Å². The maximum atomic E-state index is 15.0. The summed E-state index contributed by atoms with van der Waals surface area (Å²) in [5, 5.41) is 5.94. The highest BCUT2D eigenvalue weighted by Gasteiger charge is 2.25. The van der Waals surface area contributed by atoms with Gasteiger partial charge in [0.05, 0.1) is 29.1 Å². The number of nitrogens with one attached hydrogen (secondary N) is 2. The third kappa shape index (κ3) is 7.97. The van der Waals surface area contributed by atoms with Crippen LogP contribution < -0.4 is 26.4 Å². The lowest BCUT2D eigenvalue weighted by Crippen LogP contribution is -2.49. The first-order valence-electron chi connectivity index (χ1n) is 18.8. The van der Waals surface area contributed by atoms with Crippen molar-refractivity contribution in [1.82, 2.24) is 39.1 Å². The summed E-state index contributed by atoms with van der Waals surface area (Å²) in [6.45, 7) is 9.68. The molecule has 3 aliphatic rings. The van der Waals surface area contributed by atoms with E-state index in [1.165, 1.54) is 22.9 Å². The highest BCUT2D eigenvalue weighted by Crippen LogP contribution is 2.31. The smallest absolute Gasteiger partial charge is 0.334 e. The van der Waals surface area contributed by atoms with Crippen LogP contribution in [0.2, 0.25) is 0 Å². The predicted molar refractivity (Wildman–Crippen MR) is 208 cm³/mol. The van der Waals surface area contributed by atoms with E-state index in [-0.39, 0.29) is 5.39 Å². The van der Waals surface area contributed by atoms with Gasteiger partial charge in [0.1, 0.15) is 22.8 Å². The first kappa shape index (κ1) is 36.5. The van der Waals surface area contributed by atoms with Gasteiger partial charge >= 0.3 is 5.69 Å². The van der Waals surface area contributed by atoms with Crippen molar-refractivity contribution in [2.75, 3.05) is 77.1 Å². The molecule has 3 aromatic heterocycles. The molecule has 0 amide bonds. The van der Waals surface area contributed by atoms with Crippen molar-refractivity contribution in [3.8, 4) is 11.6 Å². The van der Waals surface area contributed by atoms with Crippen molar-refractivity contribution >= 4 is 39.3 Å². The van der Waals surface area contributed by atoms with Crippen LogP contribution in [0, 0.1) is 11.7 Å². The Balaban J connectivity index is 0.802. The topological polar surface area (TPSA) is 147 Å². The number of piperidine rings is 1. The summed E-state index contributed by atoms with van der Waals surface area (Å²) in [7, 11) is 1.88. The highest BCUT2D eigenvalue weighted by atomic mass is 32.2. The molecule has 16 heteroatoms. The van der Waals surface area contributed by atoms with Gasteiger partial charge in [-0.1, -0.05) is 6.07 Å². The van der Waals surface area contributed by atoms with Gasteiger partial charge in [-0.3, -0.25) is 28.7 Å². The second kappa shape index (κ2) is 16.1. The fourth-order valence-electron chi connectivity index (χ4n) is 7.84. The van der Waals surface area contributed by atoms with Gasteiger partial charge in [0, 0.05) is 94.6 Å². The van der Waals surface area contributed by atoms with Crippen LogP contribution in [0.25, 0.3) is 27.6 Å². The fraction of sp³-hybridized carbons (Fsp3) is 0.500. The minimum atomic E-state index is -0.612. The lowest BCUT2D eigenvalue weighted by molar-refractivity contribution is 0.1000. The number of nitrogens with zero attached hydrogens (tertiary/aromatic N) is 7. The second-order valence-corrected chi connectivity index (χ2v) is 15.7. The zero-order valence-electron chi connectivity index (χ0n) is 30.5. The van der Waals surface area contributed by atoms with Crippen LogP contribution in [0.4, 0.5) is 10.1 Å². The van der Waals surface area contributed by atoms with Gasteiger partial charge < -0.3 is 24.3 Å². The Morgan fingerprint density at radius 2 is 1.70 bits per heavy atom. The number of H-pyrrole nitrogens is 2. The number of aromatic amines is 2. The number of rotatable bonds is 11. The number of fused-ring (bicyclic) bond motifs is 2. The summed E-state index contributed by atoms with van der Waals surface area (Å²) in [5.74, 6) is 1.78. The normalized spacial score (nSPS) is 18.2. The van der Waals surface area contributed by atoms with Gasteiger partial charge in [0.25, 0.3) is 11.1 Å². The van der Waals surface area contributed by atoms with Crippen LogP contribution in [0.15, 0.2) is 57.0 Å². The molecular weight excluding hydrogens is 714 g/mol. The van der Waals surface area contributed by atoms with Crippen molar-refractivity contribution in [2.24, 2.45) is 13.0 Å². The van der Waals surface area contributed by atoms with E-state index in [0.717, 1.165) is 108 Å². The van der Waals surface area contributed by atoms with Crippen LogP contribution in [-0.4, -0.2) is 117 Å². The minimum absolute atomic E-state index is 0.0282. The number of aromatic nitrogens is 6. The van der Waals surface area contributed by atoms with Gasteiger partial charge in [0.2, 0.25) is 0 Å². The van der Waals surface area contributed by atoms with E-state index >= 15 is 4.39 Å². The summed E-state index contributed by atoms with van der Waals surface area (Å²) in [4.78, 5) is 53.9. The number of ether oxygens (including phenoxy) is 2. The highest BCUT2D eigenvalue weighted by molar-refractivity contribution is 7.99. The molecule has 5 aromatic rings. The SMILES string of the molecule is Cn1nc(-n2ccc(=O)[nH]c2=O)c2cccc(N3CCN(CCN4CCC(COc5cc(F)c6c(=O)[nH]c(CSC7CCOCC7)nc6c5)CC4)CC3)c21. The van der Waals surface area contributed by atoms with Crippen LogP contribution in [-0.2, 0) is 17.5 Å². The van der Waals surface area contributed by atoms with E-state index in [1.54, 1.807) is 17.8 Å². The Morgan fingerprint density at radius 1 is 0.944 bits per heavy atom. The Bertz CT molecular complexity index is 2290. The number of likely N-dealkylation sites (tertiary alicyclic amines) is 1. The molecule has 0 spiro atoms. The zero-order chi connectivity index (χ0) is 37.2. The van der Waals surface area contributed by atoms with Crippen molar-refractivity contribution in [3.05, 3.63) is 85.4 Å². The van der Waals surface area contributed by atoms with E-state index in [1.807, 2.05) is 23.9 Å². The molecule has 0 saturated carbocycles. The van der Waals surface area contributed by atoms with Crippen molar-refractivity contribution in [2.45, 2.75) is 36.7 Å². The fourth-order valence-corrected chi connectivity index (χ4v) is 8.90. The molecule has 0 radical (unpaired) electrons. The maximum Gasteiger partial charge on any atom is 0.334 e. The van der Waals surface area contributed by atoms with Crippen LogP contribution in [0.3, 0.4) is 0 Å². The van der Waals surface area contributed by atoms with E-state index in [2.05, 4.69) is 40.8 Å². The van der Waals surface area contributed by atoms with Gasteiger partial charge in [-0.2, -0.15) is 16.9 Å². The largest absolute Gasteiger partial charge is 0.493 e. The van der Waals surface area contributed by atoms with Gasteiger partial charge in [-0.15, -0.1) is 0 Å². The van der Waals surface area contributed by atoms with E-state index in [0.29, 0.717) is 46.4 Å². The number of halogens is 1. The molecule has 3 fully saturated rings. The molecule has 8 rings (SSSR count). The molecule has 286 valence electrons. The number of hydrogen-bond donors (Lipinski definition) is 2. The van der Waals surface area contributed by atoms with Gasteiger partial charge in [-0.05, 0) is 56.8 Å². The lowest BCUT2D eigenvalue weighted by Gasteiger charge is -2.38. The molecular formula is C38H46FN9O5S. The zero-order valence-corrected chi connectivity index (χ0v) is 31.3. The predicted octanol–water partition coefficient (Wildman–Crippen LogP) is 3.11. The monoisotopic (exact) mass is 759 g/mol. The van der Waals surface area contributed by atoms with Crippen LogP contribution >= 0.6 is 11.8 Å². The molecule has 54 heavy (non-hydrogen) atoms. The van der Waals surface area contributed by atoms with Gasteiger partial charge in [-0.25, -0.2) is 14.2 Å². The molecule has 2 aromatic carbocycles. The van der Waals surface area contributed by atoms with Crippen LogP contribution in [0.5, 0.6) is 5.75 Å². The lowest BCUT2D eigenvalue weighted by atomic mass is 9.98. The maximum absolute atomic E-state index is 15.0. The van der Waals surface area contributed by atoms with Gasteiger partial charge in [0.15, 0.2) is 5.82 Å². The number of para-hydroxylation sites is 1. The summed E-state index contributed by atoms with van der Waals surface area (Å²) < 4.78 is 29.8. The summed E-state index contributed by atoms with van der Waals surface area (Å²) in [6, 6.07) is 10.4. The third-order valence-electron chi connectivity index (χ3n) is 10.9. The van der Waals surface area contributed by atoms with Crippen molar-refractivity contribution in [1.29, 1.82) is 0 Å². The molecule has 2 N–H and O–H groups in total. The molecule has 6 heterocycles. The number of anilines is 1. The first-order valence-corrected chi connectivity index (χ1v) is 19.9. The molecule has 14 nitrogen and oxygen atoms in total. The van der Waals surface area contributed by atoms with E-state index < -0.39 is 22.6 Å². The summed E-state index contributed by atoms with van der Waals surface area (Å²) >= 11 is 1.75. The minimum Gasteiger partial charge on any atom is -0.493 e. The Morgan fingerprint density at radius 3 is 2.46 bits per heavy atom. The molecule has 0 bridgehead atoms. The second-order valence-electron chi connectivity index (χ2n) is 14.5. The molecule has 3 saturated heterocycles. The number of piperazine rings is 1. The number of benzene rings is 2. The summed E-state index contributed by atoms with van der Waals surface area (Å²) in [5.41, 5.74) is 0.951. The molecule has 0 unspecified atom stereocenters. The number of thioether (sulfide) groups is 1. The number of aryl methyl sites for hydroxylation is 1. The molecule has 0 aliphatic carbocycles. The quantitative estimate of drug-likeness (QED) is 0.205. The standard InChI is InChI=1S/C38H46FN9O5S/c1-44-35-28(36(43-44)48-12-7-33(49)42-38(48)51)3-2-4-31(35)47-17-15-46(16-18-47)14-13-45-10-5-25(6-11-45)23-53-26-21-29(39)34-30(22-26)40-32(41-37(34)50)24-54-27-8-19-52-20-9-27/h2-4,7,12,21-22,25,27H,5-6,8-11,13-20,23-24H2,1H3,(H,40,41,50)(H,42,49,51). The van der Waals surface area contributed by atoms with Crippen LogP contribution in [0.1, 0.15) is 31.5 Å². The average Bonchev–Trinajstić information content (AvgIpc) is 3.52. The number of hydrogen-bond acceptors (Lipinski definition) is 11. The average molecular weight is 760 g/mol.